The molecular formula is C19H26N2O3. The fraction of sp³-hybridized carbons (Fsp3) is 0.421. The highest BCUT2D eigenvalue weighted by Crippen LogP contribution is 2.28. The summed E-state index contributed by atoms with van der Waals surface area (Å²) in [6.07, 6.45) is 0. The largest absolute Gasteiger partial charge is 0.495 e. The minimum Gasteiger partial charge on any atom is -0.495 e. The number of rotatable bonds is 5. The molecule has 0 bridgehead atoms. The standard InChI is InChI=1S/C19H26N2O3/c1-13-7-8-14(2)21(13)16-11-15(9-10-17(16)24-6)18(22)20(5)12-19(3,4)23/h7-11,23H,12H2,1-6H3. The highest BCUT2D eigenvalue weighted by Gasteiger charge is 2.21. The number of hydrogen-bond acceptors (Lipinski definition) is 3. The molecule has 0 radical (unpaired) electrons. The molecule has 0 aliphatic rings. The second-order valence-corrected chi connectivity index (χ2v) is 6.81. The molecule has 0 fully saturated rings. The van der Waals surface area contributed by atoms with E-state index in [9.17, 15) is 9.90 Å². The number of hydrogen-bond donors (Lipinski definition) is 1. The summed E-state index contributed by atoms with van der Waals surface area (Å²) in [5.74, 6) is 0.572. The van der Waals surface area contributed by atoms with Gasteiger partial charge in [0.15, 0.2) is 0 Å². The first kappa shape index (κ1) is 18.1. The van der Waals surface area contributed by atoms with Gasteiger partial charge >= 0.3 is 0 Å². The van der Waals surface area contributed by atoms with Crippen molar-refractivity contribution in [3.63, 3.8) is 0 Å². The van der Waals surface area contributed by atoms with Crippen LogP contribution >= 0.6 is 0 Å². The van der Waals surface area contributed by atoms with Crippen molar-refractivity contribution in [3.8, 4) is 11.4 Å². The summed E-state index contributed by atoms with van der Waals surface area (Å²) in [5.41, 5.74) is 2.60. The zero-order valence-corrected chi connectivity index (χ0v) is 15.3. The third kappa shape index (κ3) is 3.79. The molecule has 0 unspecified atom stereocenters. The molecule has 130 valence electrons. The van der Waals surface area contributed by atoms with Crippen LogP contribution in [0.1, 0.15) is 35.6 Å². The van der Waals surface area contributed by atoms with Crippen LogP contribution < -0.4 is 4.74 Å². The van der Waals surface area contributed by atoms with E-state index in [2.05, 4.69) is 4.57 Å². The minimum absolute atomic E-state index is 0.136. The van der Waals surface area contributed by atoms with Crippen LogP contribution in [0.5, 0.6) is 5.75 Å². The van der Waals surface area contributed by atoms with Crippen LogP contribution in [0.4, 0.5) is 0 Å². The van der Waals surface area contributed by atoms with Crippen LogP contribution in [0.25, 0.3) is 5.69 Å². The molecule has 1 aromatic carbocycles. The molecule has 0 atom stereocenters. The monoisotopic (exact) mass is 330 g/mol. The fourth-order valence-electron chi connectivity index (χ4n) is 2.92. The number of amides is 1. The summed E-state index contributed by atoms with van der Waals surface area (Å²) >= 11 is 0. The lowest BCUT2D eigenvalue weighted by Gasteiger charge is -2.26. The Hall–Kier alpha value is -2.27. The summed E-state index contributed by atoms with van der Waals surface area (Å²) in [6.45, 7) is 7.66. The molecule has 1 aromatic heterocycles. The number of aryl methyl sites for hydroxylation is 2. The van der Waals surface area contributed by atoms with Gasteiger partial charge in [0, 0.05) is 30.5 Å². The highest BCUT2D eigenvalue weighted by molar-refractivity contribution is 5.95. The van der Waals surface area contributed by atoms with E-state index in [4.69, 9.17) is 4.74 Å². The van der Waals surface area contributed by atoms with Crippen molar-refractivity contribution in [3.05, 3.63) is 47.3 Å². The lowest BCUT2D eigenvalue weighted by atomic mass is 10.1. The van der Waals surface area contributed by atoms with Gasteiger partial charge in [0.1, 0.15) is 5.75 Å². The van der Waals surface area contributed by atoms with Crippen LogP contribution in [0.2, 0.25) is 0 Å². The number of ether oxygens (including phenoxy) is 1. The molecule has 0 aliphatic carbocycles. The van der Waals surface area contributed by atoms with Gasteiger partial charge < -0.3 is 19.3 Å². The molecule has 2 rings (SSSR count). The molecule has 1 N–H and O–H groups in total. The van der Waals surface area contributed by atoms with Crippen molar-refractivity contribution in [2.75, 3.05) is 20.7 Å². The van der Waals surface area contributed by atoms with Crippen LogP contribution in [0, 0.1) is 13.8 Å². The quantitative estimate of drug-likeness (QED) is 0.917. The Morgan fingerprint density at radius 1 is 1.21 bits per heavy atom. The zero-order chi connectivity index (χ0) is 18.1. The number of methoxy groups -OCH3 is 1. The maximum absolute atomic E-state index is 12.7. The van der Waals surface area contributed by atoms with Crippen LogP contribution in [0.3, 0.4) is 0 Å². The number of aromatic nitrogens is 1. The smallest absolute Gasteiger partial charge is 0.253 e. The second kappa shape index (κ2) is 6.69. The Morgan fingerprint density at radius 2 is 1.79 bits per heavy atom. The number of aliphatic hydroxyl groups is 1. The lowest BCUT2D eigenvalue weighted by Crippen LogP contribution is -2.39. The van der Waals surface area contributed by atoms with Gasteiger partial charge in [-0.3, -0.25) is 4.79 Å². The van der Waals surface area contributed by atoms with Crippen molar-refractivity contribution >= 4 is 5.91 Å². The highest BCUT2D eigenvalue weighted by atomic mass is 16.5. The van der Waals surface area contributed by atoms with Crippen LogP contribution in [-0.2, 0) is 0 Å². The SMILES string of the molecule is COc1ccc(C(=O)N(C)CC(C)(C)O)cc1-n1c(C)ccc1C. The van der Waals surface area contributed by atoms with E-state index < -0.39 is 5.60 Å². The first-order valence-corrected chi connectivity index (χ1v) is 7.95. The number of benzene rings is 1. The van der Waals surface area contributed by atoms with Crippen molar-refractivity contribution in [1.82, 2.24) is 9.47 Å². The van der Waals surface area contributed by atoms with E-state index in [0.717, 1.165) is 17.1 Å². The Morgan fingerprint density at radius 3 is 2.29 bits per heavy atom. The zero-order valence-electron chi connectivity index (χ0n) is 15.3. The molecule has 1 heterocycles. The minimum atomic E-state index is -0.937. The maximum atomic E-state index is 12.7. The van der Waals surface area contributed by atoms with Gasteiger partial charge in [-0.15, -0.1) is 0 Å². The molecule has 1 amide bonds. The number of nitrogens with zero attached hydrogens (tertiary/aromatic N) is 2. The Bertz CT molecular complexity index is 722. The van der Waals surface area contributed by atoms with E-state index in [1.54, 1.807) is 40.1 Å². The molecule has 24 heavy (non-hydrogen) atoms. The summed E-state index contributed by atoms with van der Waals surface area (Å²) in [5, 5.41) is 9.93. The normalized spacial score (nSPS) is 11.5. The van der Waals surface area contributed by atoms with Gasteiger partial charge in [-0.05, 0) is 58.0 Å². The van der Waals surface area contributed by atoms with Gasteiger partial charge in [-0.1, -0.05) is 0 Å². The molecule has 0 aliphatic heterocycles. The molecular weight excluding hydrogens is 304 g/mol. The molecule has 0 saturated heterocycles. The third-order valence-corrected chi connectivity index (χ3v) is 3.91. The number of carbonyl (C=O) groups is 1. The maximum Gasteiger partial charge on any atom is 0.253 e. The van der Waals surface area contributed by atoms with E-state index in [1.165, 1.54) is 4.90 Å². The first-order chi connectivity index (χ1) is 11.1. The average Bonchev–Trinajstić information content (AvgIpc) is 2.83. The summed E-state index contributed by atoms with van der Waals surface area (Å²) in [4.78, 5) is 14.2. The third-order valence-electron chi connectivity index (χ3n) is 3.91. The molecule has 5 heteroatoms. The van der Waals surface area contributed by atoms with E-state index in [-0.39, 0.29) is 12.5 Å². The molecule has 0 spiro atoms. The molecule has 2 aromatic rings. The van der Waals surface area contributed by atoms with Crippen molar-refractivity contribution in [1.29, 1.82) is 0 Å². The van der Waals surface area contributed by atoms with Crippen molar-refractivity contribution in [2.45, 2.75) is 33.3 Å². The van der Waals surface area contributed by atoms with Gasteiger partial charge in [-0.2, -0.15) is 0 Å². The lowest BCUT2D eigenvalue weighted by molar-refractivity contribution is 0.0368. The Kier molecular flexibility index (Phi) is 5.04. The number of likely N-dealkylation sites (N-methyl/N-ethyl adjacent to an activating group) is 1. The summed E-state index contributed by atoms with van der Waals surface area (Å²) in [7, 11) is 3.31. The summed E-state index contributed by atoms with van der Waals surface area (Å²) in [6, 6.07) is 9.45. The van der Waals surface area contributed by atoms with Gasteiger partial charge in [0.2, 0.25) is 0 Å². The van der Waals surface area contributed by atoms with Crippen molar-refractivity contribution in [2.24, 2.45) is 0 Å². The van der Waals surface area contributed by atoms with E-state index in [0.29, 0.717) is 11.3 Å². The first-order valence-electron chi connectivity index (χ1n) is 7.95. The molecule has 5 nitrogen and oxygen atoms in total. The van der Waals surface area contributed by atoms with Crippen LogP contribution in [-0.4, -0.2) is 46.8 Å². The topological polar surface area (TPSA) is 54.7 Å². The van der Waals surface area contributed by atoms with Gasteiger partial charge in [-0.25, -0.2) is 0 Å². The fourth-order valence-corrected chi connectivity index (χ4v) is 2.92. The summed E-state index contributed by atoms with van der Waals surface area (Å²) < 4.78 is 7.53. The van der Waals surface area contributed by atoms with Crippen LogP contribution in [0.15, 0.2) is 30.3 Å². The number of carbonyl (C=O) groups excluding carboxylic acids is 1. The van der Waals surface area contributed by atoms with Gasteiger partial charge in [0.25, 0.3) is 5.91 Å². The predicted molar refractivity (Wildman–Crippen MR) is 95.1 cm³/mol. The average molecular weight is 330 g/mol. The van der Waals surface area contributed by atoms with E-state index >= 15 is 0 Å². The molecule has 0 saturated carbocycles. The predicted octanol–water partition coefficient (Wildman–Crippen LogP) is 2.95. The van der Waals surface area contributed by atoms with E-state index in [1.807, 2.05) is 32.0 Å². The van der Waals surface area contributed by atoms with Crippen molar-refractivity contribution < 1.29 is 14.6 Å². The van der Waals surface area contributed by atoms with Gasteiger partial charge in [0.05, 0.1) is 18.4 Å². The Labute approximate surface area is 143 Å². The Balaban J connectivity index is 2.44. The second-order valence-electron chi connectivity index (χ2n) is 6.81.